The van der Waals surface area contributed by atoms with E-state index in [1.165, 1.54) is 44.9 Å². The van der Waals surface area contributed by atoms with Crippen LogP contribution in [0.3, 0.4) is 0 Å². The molecule has 2 heteroatoms. The summed E-state index contributed by atoms with van der Waals surface area (Å²) < 4.78 is 6.25. The predicted octanol–water partition coefficient (Wildman–Crippen LogP) is 4.32. The third-order valence-electron chi connectivity index (χ3n) is 4.76. The second kappa shape index (κ2) is 5.97. The molecule has 0 saturated heterocycles. The molecule has 2 saturated carbocycles. The third-order valence-corrected chi connectivity index (χ3v) is 5.43. The van der Waals surface area contributed by atoms with Gasteiger partial charge in [-0.2, -0.15) is 12.6 Å². The maximum atomic E-state index is 6.25. The topological polar surface area (TPSA) is 9.23 Å². The van der Waals surface area contributed by atoms with E-state index in [0.29, 0.717) is 11.5 Å². The van der Waals surface area contributed by atoms with E-state index in [4.69, 9.17) is 4.74 Å². The molecule has 0 radical (unpaired) electrons. The van der Waals surface area contributed by atoms with Crippen LogP contribution in [0.4, 0.5) is 0 Å². The van der Waals surface area contributed by atoms with Crippen LogP contribution >= 0.6 is 12.6 Å². The van der Waals surface area contributed by atoms with Gasteiger partial charge in [0.1, 0.15) is 0 Å². The smallest absolute Gasteiger partial charge is 0.0580 e. The van der Waals surface area contributed by atoms with Crippen molar-refractivity contribution in [3.63, 3.8) is 0 Å². The summed E-state index contributed by atoms with van der Waals surface area (Å²) >= 11 is 4.55. The Balaban J connectivity index is 1.80. The molecule has 0 heterocycles. The lowest BCUT2D eigenvalue weighted by atomic mass is 9.81. The van der Waals surface area contributed by atoms with E-state index in [2.05, 4.69) is 26.5 Å². The Morgan fingerprint density at radius 2 is 1.65 bits per heavy atom. The minimum atomic E-state index is 0.410. The summed E-state index contributed by atoms with van der Waals surface area (Å²) in [7, 11) is 0. The average molecular weight is 256 g/mol. The van der Waals surface area contributed by atoms with Gasteiger partial charge in [-0.1, -0.05) is 26.7 Å². The average Bonchev–Trinajstić information content (AvgIpc) is 2.74. The van der Waals surface area contributed by atoms with Crippen molar-refractivity contribution in [2.75, 3.05) is 12.4 Å². The second-order valence-electron chi connectivity index (χ2n) is 6.72. The molecule has 0 aromatic rings. The van der Waals surface area contributed by atoms with Crippen LogP contribution in [0.5, 0.6) is 0 Å². The van der Waals surface area contributed by atoms with Crippen molar-refractivity contribution >= 4 is 12.6 Å². The summed E-state index contributed by atoms with van der Waals surface area (Å²) in [6, 6.07) is 0. The maximum Gasteiger partial charge on any atom is 0.0580 e. The highest BCUT2D eigenvalue weighted by molar-refractivity contribution is 7.80. The van der Waals surface area contributed by atoms with Crippen LogP contribution in [0.2, 0.25) is 0 Å². The molecule has 2 fully saturated rings. The Morgan fingerprint density at radius 3 is 2.18 bits per heavy atom. The van der Waals surface area contributed by atoms with E-state index in [0.717, 1.165) is 24.2 Å². The SMILES string of the molecule is CC1CC(C)CC(OCC2(CS)CCCC2)C1. The van der Waals surface area contributed by atoms with E-state index in [-0.39, 0.29) is 0 Å². The van der Waals surface area contributed by atoms with Crippen molar-refractivity contribution in [3.05, 3.63) is 0 Å². The Bertz CT molecular complexity index is 225. The van der Waals surface area contributed by atoms with Crippen LogP contribution in [-0.2, 0) is 4.74 Å². The van der Waals surface area contributed by atoms with Crippen molar-refractivity contribution in [1.82, 2.24) is 0 Å². The molecule has 0 aromatic heterocycles. The summed E-state index contributed by atoms with van der Waals surface area (Å²) in [4.78, 5) is 0. The zero-order valence-corrected chi connectivity index (χ0v) is 12.3. The van der Waals surface area contributed by atoms with Gasteiger partial charge < -0.3 is 4.74 Å². The first-order chi connectivity index (χ1) is 8.13. The second-order valence-corrected chi connectivity index (χ2v) is 7.03. The Kier molecular flexibility index (Phi) is 4.82. The lowest BCUT2D eigenvalue weighted by Crippen LogP contribution is -2.32. The molecule has 100 valence electrons. The van der Waals surface area contributed by atoms with Crippen LogP contribution in [0, 0.1) is 17.3 Å². The molecule has 1 nitrogen and oxygen atoms in total. The quantitative estimate of drug-likeness (QED) is 0.737. The van der Waals surface area contributed by atoms with Crippen molar-refractivity contribution < 1.29 is 4.74 Å². The highest BCUT2D eigenvalue weighted by Gasteiger charge is 2.34. The molecule has 2 aliphatic rings. The van der Waals surface area contributed by atoms with Crippen molar-refractivity contribution in [2.45, 2.75) is 64.9 Å². The van der Waals surface area contributed by atoms with E-state index in [1.807, 2.05) is 0 Å². The zero-order chi connectivity index (χ0) is 12.3. The number of hydrogen-bond acceptors (Lipinski definition) is 2. The predicted molar refractivity (Wildman–Crippen MR) is 76.7 cm³/mol. The van der Waals surface area contributed by atoms with E-state index < -0.39 is 0 Å². The molecule has 2 unspecified atom stereocenters. The molecular weight excluding hydrogens is 228 g/mol. The maximum absolute atomic E-state index is 6.25. The molecule has 0 aliphatic heterocycles. The largest absolute Gasteiger partial charge is 0.378 e. The molecule has 0 N–H and O–H groups in total. The van der Waals surface area contributed by atoms with Crippen molar-refractivity contribution in [2.24, 2.45) is 17.3 Å². The minimum absolute atomic E-state index is 0.410. The number of rotatable bonds is 4. The highest BCUT2D eigenvalue weighted by Crippen LogP contribution is 2.40. The standard InChI is InChI=1S/C15H28OS/c1-12-7-13(2)9-14(8-12)16-10-15(11-17)5-3-4-6-15/h12-14,17H,3-11H2,1-2H3. The lowest BCUT2D eigenvalue weighted by Gasteiger charge is -2.35. The first-order valence-corrected chi connectivity index (χ1v) is 7.99. The van der Waals surface area contributed by atoms with E-state index >= 15 is 0 Å². The Hall–Kier alpha value is 0.310. The molecule has 0 bridgehead atoms. The van der Waals surface area contributed by atoms with Crippen molar-refractivity contribution in [3.8, 4) is 0 Å². The molecule has 0 amide bonds. The number of thiol groups is 1. The Labute approximate surface area is 112 Å². The van der Waals surface area contributed by atoms with Gasteiger partial charge in [0.25, 0.3) is 0 Å². The molecular formula is C15H28OS. The normalized spacial score (nSPS) is 37.2. The van der Waals surface area contributed by atoms with Crippen LogP contribution < -0.4 is 0 Å². The van der Waals surface area contributed by atoms with Gasteiger partial charge in [0.15, 0.2) is 0 Å². The summed E-state index contributed by atoms with van der Waals surface area (Å²) in [5.74, 6) is 2.70. The first-order valence-electron chi connectivity index (χ1n) is 7.36. The summed E-state index contributed by atoms with van der Waals surface area (Å²) in [6.07, 6.45) is 9.86. The van der Waals surface area contributed by atoms with Gasteiger partial charge in [-0.05, 0) is 49.7 Å². The van der Waals surface area contributed by atoms with Gasteiger partial charge in [-0.3, -0.25) is 0 Å². The van der Waals surface area contributed by atoms with E-state index in [9.17, 15) is 0 Å². The summed E-state index contributed by atoms with van der Waals surface area (Å²) in [6.45, 7) is 5.70. The van der Waals surface area contributed by atoms with Crippen LogP contribution in [0.15, 0.2) is 0 Å². The number of hydrogen-bond donors (Lipinski definition) is 1. The first kappa shape index (κ1) is 13.7. The highest BCUT2D eigenvalue weighted by atomic mass is 32.1. The van der Waals surface area contributed by atoms with Crippen LogP contribution in [0.25, 0.3) is 0 Å². The van der Waals surface area contributed by atoms with Gasteiger partial charge in [0.2, 0.25) is 0 Å². The molecule has 2 aliphatic carbocycles. The number of ether oxygens (including phenoxy) is 1. The van der Waals surface area contributed by atoms with E-state index in [1.54, 1.807) is 0 Å². The van der Waals surface area contributed by atoms with Gasteiger partial charge in [0, 0.05) is 5.41 Å². The summed E-state index contributed by atoms with van der Waals surface area (Å²) in [5.41, 5.74) is 0.410. The fourth-order valence-electron chi connectivity index (χ4n) is 3.78. The molecule has 2 rings (SSSR count). The van der Waals surface area contributed by atoms with Crippen LogP contribution in [-0.4, -0.2) is 18.5 Å². The molecule has 0 aromatic carbocycles. The van der Waals surface area contributed by atoms with Gasteiger partial charge in [0.05, 0.1) is 12.7 Å². The Morgan fingerprint density at radius 1 is 1.06 bits per heavy atom. The zero-order valence-electron chi connectivity index (χ0n) is 11.5. The third kappa shape index (κ3) is 3.64. The lowest BCUT2D eigenvalue weighted by molar-refractivity contribution is -0.0357. The van der Waals surface area contributed by atoms with Crippen LogP contribution in [0.1, 0.15) is 58.8 Å². The fraction of sp³-hybridized carbons (Fsp3) is 1.00. The summed E-state index contributed by atoms with van der Waals surface area (Å²) in [5, 5.41) is 0. The van der Waals surface area contributed by atoms with Crippen molar-refractivity contribution in [1.29, 1.82) is 0 Å². The monoisotopic (exact) mass is 256 g/mol. The fourth-order valence-corrected chi connectivity index (χ4v) is 4.18. The molecule has 2 atom stereocenters. The van der Waals surface area contributed by atoms with Gasteiger partial charge >= 0.3 is 0 Å². The molecule has 17 heavy (non-hydrogen) atoms. The molecule has 0 spiro atoms. The minimum Gasteiger partial charge on any atom is -0.378 e. The van der Waals surface area contributed by atoms with Gasteiger partial charge in [-0.25, -0.2) is 0 Å². The van der Waals surface area contributed by atoms with Gasteiger partial charge in [-0.15, -0.1) is 0 Å².